The first kappa shape index (κ1) is 21.1. The van der Waals surface area contributed by atoms with Gasteiger partial charge in [-0.1, -0.05) is 29.8 Å². The molecule has 0 spiro atoms. The van der Waals surface area contributed by atoms with Crippen LogP contribution in [-0.4, -0.2) is 30.2 Å². The van der Waals surface area contributed by atoms with Crippen LogP contribution < -0.4 is 14.5 Å². The van der Waals surface area contributed by atoms with E-state index in [1.54, 1.807) is 29.2 Å². The van der Waals surface area contributed by atoms with Gasteiger partial charge in [0.05, 0.1) is 23.4 Å². The molecule has 0 aromatic heterocycles. The average molecular weight is 444 g/mol. The van der Waals surface area contributed by atoms with Crippen LogP contribution in [0, 0.1) is 24.7 Å². The summed E-state index contributed by atoms with van der Waals surface area (Å²) in [4.78, 5) is 53.4. The lowest BCUT2D eigenvalue weighted by Crippen LogP contribution is -2.30. The van der Waals surface area contributed by atoms with Crippen molar-refractivity contribution in [3.8, 4) is 5.75 Å². The van der Waals surface area contributed by atoms with E-state index in [0.717, 1.165) is 11.3 Å². The minimum atomic E-state index is -0.559. The summed E-state index contributed by atoms with van der Waals surface area (Å²) in [5.41, 5.74) is 2.33. The van der Waals surface area contributed by atoms with E-state index in [1.807, 2.05) is 43.3 Å². The van der Waals surface area contributed by atoms with Crippen molar-refractivity contribution in [2.75, 3.05) is 16.3 Å². The normalized spacial score (nSPS) is 24.4. The van der Waals surface area contributed by atoms with Gasteiger partial charge in [-0.2, -0.15) is 0 Å². The number of benzene rings is 2. The third kappa shape index (κ3) is 3.84. The summed E-state index contributed by atoms with van der Waals surface area (Å²) in [7, 11) is 0. The molecule has 0 N–H and O–H groups in total. The van der Waals surface area contributed by atoms with Gasteiger partial charge in [0.25, 0.3) is 0 Å². The highest BCUT2D eigenvalue weighted by Gasteiger charge is 2.47. The second-order valence-electron chi connectivity index (χ2n) is 8.82. The first-order valence-electron chi connectivity index (χ1n) is 11.1. The number of fused-ring (bicyclic) bond motifs is 1. The molecular formula is C26H24N2O5. The highest BCUT2D eigenvalue weighted by Crippen LogP contribution is 2.38. The Morgan fingerprint density at radius 1 is 0.848 bits per heavy atom. The maximum atomic E-state index is 12.7. The number of imide groups is 1. The molecule has 2 fully saturated rings. The number of hydrogen-bond donors (Lipinski definition) is 0. The fourth-order valence-electron chi connectivity index (χ4n) is 4.76. The van der Waals surface area contributed by atoms with Crippen molar-refractivity contribution in [1.82, 2.24) is 0 Å². The number of hydrogen-bond acceptors (Lipinski definition) is 5. The summed E-state index contributed by atoms with van der Waals surface area (Å²) in [6.45, 7) is 2.24. The standard InChI is InChI=1S/C26H24N2O5/c1-16-6-8-18(9-7-16)27-15-17(14-23(27)29)26(32)33-20-12-10-19(11-13-20)28-24(30)21-4-2-3-5-22(21)25(28)31/h2-3,6-13,17,21-22H,4-5,14-15H2,1H3/t17-,21+,22+/m1/s1. The highest BCUT2D eigenvalue weighted by atomic mass is 16.5. The largest absolute Gasteiger partial charge is 0.426 e. The second-order valence-corrected chi connectivity index (χ2v) is 8.82. The maximum Gasteiger partial charge on any atom is 0.316 e. The second kappa shape index (κ2) is 8.31. The van der Waals surface area contributed by atoms with E-state index in [9.17, 15) is 19.2 Å². The summed E-state index contributed by atoms with van der Waals surface area (Å²) >= 11 is 0. The fraction of sp³-hybridized carbons (Fsp3) is 0.308. The Balaban J connectivity index is 1.24. The molecule has 0 saturated carbocycles. The van der Waals surface area contributed by atoms with Crippen LogP contribution in [-0.2, 0) is 19.2 Å². The molecule has 0 unspecified atom stereocenters. The molecular weight excluding hydrogens is 420 g/mol. The molecule has 0 bridgehead atoms. The molecule has 2 saturated heterocycles. The van der Waals surface area contributed by atoms with E-state index < -0.39 is 11.9 Å². The molecule has 168 valence electrons. The van der Waals surface area contributed by atoms with Crippen molar-refractivity contribution in [3.05, 3.63) is 66.2 Å². The number of aryl methyl sites for hydroxylation is 1. The molecule has 3 amide bonds. The van der Waals surface area contributed by atoms with Crippen LogP contribution in [0.15, 0.2) is 60.7 Å². The predicted molar refractivity (Wildman–Crippen MR) is 122 cm³/mol. The number of anilines is 2. The third-order valence-corrected chi connectivity index (χ3v) is 6.62. The molecule has 2 aromatic rings. The average Bonchev–Trinajstić information content (AvgIpc) is 3.33. The smallest absolute Gasteiger partial charge is 0.316 e. The molecule has 33 heavy (non-hydrogen) atoms. The number of carbonyl (C=O) groups excluding carboxylic acids is 4. The Hall–Kier alpha value is -3.74. The van der Waals surface area contributed by atoms with Gasteiger partial charge in [0.15, 0.2) is 0 Å². The van der Waals surface area contributed by atoms with Crippen LogP contribution in [0.1, 0.15) is 24.8 Å². The van der Waals surface area contributed by atoms with E-state index in [2.05, 4.69) is 0 Å². The van der Waals surface area contributed by atoms with Crippen molar-refractivity contribution in [3.63, 3.8) is 0 Å². The van der Waals surface area contributed by atoms with Crippen molar-refractivity contribution in [1.29, 1.82) is 0 Å². The summed E-state index contributed by atoms with van der Waals surface area (Å²) < 4.78 is 5.50. The van der Waals surface area contributed by atoms with Crippen molar-refractivity contribution < 1.29 is 23.9 Å². The Labute approximate surface area is 191 Å². The minimum Gasteiger partial charge on any atom is -0.426 e. The molecule has 5 rings (SSSR count). The zero-order valence-electron chi connectivity index (χ0n) is 18.3. The lowest BCUT2D eigenvalue weighted by molar-refractivity contribution is -0.139. The summed E-state index contributed by atoms with van der Waals surface area (Å²) in [6, 6.07) is 14.0. The molecule has 7 heteroatoms. The number of carbonyl (C=O) groups is 4. The van der Waals surface area contributed by atoms with E-state index in [0.29, 0.717) is 24.3 Å². The number of rotatable bonds is 4. The van der Waals surface area contributed by atoms with Crippen LogP contribution >= 0.6 is 0 Å². The number of esters is 1. The van der Waals surface area contributed by atoms with Crippen LogP contribution in [0.25, 0.3) is 0 Å². The molecule has 0 radical (unpaired) electrons. The Morgan fingerprint density at radius 3 is 2.03 bits per heavy atom. The molecule has 3 atom stereocenters. The molecule has 1 aliphatic carbocycles. The van der Waals surface area contributed by atoms with Gasteiger partial charge in [0.1, 0.15) is 5.75 Å². The van der Waals surface area contributed by atoms with Gasteiger partial charge in [-0.3, -0.25) is 24.1 Å². The van der Waals surface area contributed by atoms with Gasteiger partial charge >= 0.3 is 5.97 Å². The highest BCUT2D eigenvalue weighted by molar-refractivity contribution is 6.22. The van der Waals surface area contributed by atoms with Gasteiger partial charge in [0, 0.05) is 18.7 Å². The quantitative estimate of drug-likeness (QED) is 0.312. The monoisotopic (exact) mass is 444 g/mol. The van der Waals surface area contributed by atoms with Crippen molar-refractivity contribution in [2.45, 2.75) is 26.2 Å². The zero-order valence-corrected chi connectivity index (χ0v) is 18.3. The number of allylic oxidation sites excluding steroid dienone is 2. The molecule has 2 heterocycles. The molecule has 2 aromatic carbocycles. The first-order chi connectivity index (χ1) is 15.9. The Kier molecular flexibility index (Phi) is 5.32. The molecule has 3 aliphatic rings. The topological polar surface area (TPSA) is 84.0 Å². The van der Waals surface area contributed by atoms with Crippen LogP contribution in [0.4, 0.5) is 11.4 Å². The third-order valence-electron chi connectivity index (χ3n) is 6.62. The van der Waals surface area contributed by atoms with Gasteiger partial charge in [0.2, 0.25) is 17.7 Å². The lowest BCUT2D eigenvalue weighted by Gasteiger charge is -2.17. The summed E-state index contributed by atoms with van der Waals surface area (Å²) in [5, 5.41) is 0. The van der Waals surface area contributed by atoms with Crippen LogP contribution in [0.5, 0.6) is 5.75 Å². The van der Waals surface area contributed by atoms with E-state index in [-0.39, 0.29) is 42.5 Å². The van der Waals surface area contributed by atoms with Gasteiger partial charge in [-0.25, -0.2) is 0 Å². The van der Waals surface area contributed by atoms with Crippen LogP contribution in [0.3, 0.4) is 0 Å². The van der Waals surface area contributed by atoms with Crippen molar-refractivity contribution in [2.24, 2.45) is 17.8 Å². The van der Waals surface area contributed by atoms with Gasteiger partial charge in [-0.05, 0) is 56.2 Å². The van der Waals surface area contributed by atoms with Gasteiger partial charge < -0.3 is 9.64 Å². The fourth-order valence-corrected chi connectivity index (χ4v) is 4.76. The van der Waals surface area contributed by atoms with Gasteiger partial charge in [-0.15, -0.1) is 0 Å². The Morgan fingerprint density at radius 2 is 1.42 bits per heavy atom. The predicted octanol–water partition coefficient (Wildman–Crippen LogP) is 3.41. The zero-order chi connectivity index (χ0) is 23.1. The van der Waals surface area contributed by atoms with E-state index in [4.69, 9.17) is 4.74 Å². The number of nitrogens with zero attached hydrogens (tertiary/aromatic N) is 2. The Bertz CT molecular complexity index is 1130. The maximum absolute atomic E-state index is 12.7. The lowest BCUT2D eigenvalue weighted by atomic mass is 9.85. The van der Waals surface area contributed by atoms with E-state index >= 15 is 0 Å². The first-order valence-corrected chi connectivity index (χ1v) is 11.1. The van der Waals surface area contributed by atoms with Crippen LogP contribution in [0.2, 0.25) is 0 Å². The SMILES string of the molecule is Cc1ccc(N2C[C@H](C(=O)Oc3ccc(N4C(=O)[C@H]5CC=CC[C@@H]5C4=O)cc3)CC2=O)cc1. The molecule has 7 nitrogen and oxygen atoms in total. The van der Waals surface area contributed by atoms with E-state index in [1.165, 1.54) is 4.90 Å². The minimum absolute atomic E-state index is 0.0956. The summed E-state index contributed by atoms with van der Waals surface area (Å²) in [5.74, 6) is -1.79. The van der Waals surface area contributed by atoms with Crippen molar-refractivity contribution >= 4 is 35.1 Å². The number of amides is 3. The molecule has 2 aliphatic heterocycles. The number of ether oxygens (including phenoxy) is 1. The summed E-state index contributed by atoms with van der Waals surface area (Å²) in [6.07, 6.45) is 5.17.